The largest absolute Gasteiger partial charge is 0.324 e. The van der Waals surface area contributed by atoms with Crippen molar-refractivity contribution in [2.75, 3.05) is 0 Å². The van der Waals surface area contributed by atoms with Gasteiger partial charge in [-0.1, -0.05) is 18.2 Å². The van der Waals surface area contributed by atoms with Crippen molar-refractivity contribution in [1.82, 2.24) is 9.78 Å². The van der Waals surface area contributed by atoms with Crippen LogP contribution in [0.15, 0.2) is 24.3 Å². The standard InChI is InChI=1S/C14H18FN3/c1-9-5-4-6-12(14(9)15)13(16)8-11-7-10(2)17-18(11)3/h4-7,13H,8,16H2,1-3H3. The fourth-order valence-electron chi connectivity index (χ4n) is 2.15. The van der Waals surface area contributed by atoms with Crippen LogP contribution >= 0.6 is 0 Å². The van der Waals surface area contributed by atoms with Gasteiger partial charge >= 0.3 is 0 Å². The Morgan fingerprint density at radius 1 is 1.39 bits per heavy atom. The molecule has 0 bridgehead atoms. The maximum absolute atomic E-state index is 14.0. The van der Waals surface area contributed by atoms with Crippen LogP contribution in [-0.2, 0) is 13.5 Å². The number of benzene rings is 1. The summed E-state index contributed by atoms with van der Waals surface area (Å²) in [5, 5.41) is 4.27. The van der Waals surface area contributed by atoms with Crippen LogP contribution in [0.25, 0.3) is 0 Å². The first-order chi connectivity index (χ1) is 8.49. The van der Waals surface area contributed by atoms with Crippen molar-refractivity contribution in [3.63, 3.8) is 0 Å². The van der Waals surface area contributed by atoms with E-state index in [-0.39, 0.29) is 11.9 Å². The molecule has 1 aromatic heterocycles. The third kappa shape index (κ3) is 2.43. The van der Waals surface area contributed by atoms with Crippen LogP contribution in [0.1, 0.15) is 28.6 Å². The summed E-state index contributed by atoms with van der Waals surface area (Å²) in [7, 11) is 1.88. The number of halogens is 1. The predicted octanol–water partition coefficient (Wildman–Crippen LogP) is 2.42. The number of hydrogen-bond acceptors (Lipinski definition) is 2. The van der Waals surface area contributed by atoms with E-state index in [1.807, 2.05) is 26.1 Å². The highest BCUT2D eigenvalue weighted by Gasteiger charge is 2.15. The Morgan fingerprint density at radius 3 is 2.72 bits per heavy atom. The molecule has 1 unspecified atom stereocenters. The zero-order chi connectivity index (χ0) is 13.3. The summed E-state index contributed by atoms with van der Waals surface area (Å²) in [6.45, 7) is 3.68. The molecule has 1 heterocycles. The van der Waals surface area contributed by atoms with Crippen molar-refractivity contribution >= 4 is 0 Å². The lowest BCUT2D eigenvalue weighted by Crippen LogP contribution is -2.17. The summed E-state index contributed by atoms with van der Waals surface area (Å²) in [4.78, 5) is 0. The smallest absolute Gasteiger partial charge is 0.130 e. The molecule has 2 rings (SSSR count). The number of rotatable bonds is 3. The highest BCUT2D eigenvalue weighted by atomic mass is 19.1. The van der Waals surface area contributed by atoms with E-state index in [1.54, 1.807) is 23.7 Å². The molecule has 4 heteroatoms. The van der Waals surface area contributed by atoms with Gasteiger partial charge in [0, 0.05) is 30.8 Å². The van der Waals surface area contributed by atoms with Gasteiger partial charge in [0.25, 0.3) is 0 Å². The second kappa shape index (κ2) is 4.90. The summed E-state index contributed by atoms with van der Waals surface area (Å²) >= 11 is 0. The van der Waals surface area contributed by atoms with Crippen LogP contribution in [0.4, 0.5) is 4.39 Å². The van der Waals surface area contributed by atoms with Crippen LogP contribution in [0.3, 0.4) is 0 Å². The topological polar surface area (TPSA) is 43.8 Å². The maximum atomic E-state index is 14.0. The molecule has 3 nitrogen and oxygen atoms in total. The molecule has 18 heavy (non-hydrogen) atoms. The predicted molar refractivity (Wildman–Crippen MR) is 69.7 cm³/mol. The van der Waals surface area contributed by atoms with E-state index in [9.17, 15) is 4.39 Å². The van der Waals surface area contributed by atoms with E-state index in [0.717, 1.165) is 11.4 Å². The second-order valence-corrected chi connectivity index (χ2v) is 4.69. The van der Waals surface area contributed by atoms with Crippen molar-refractivity contribution in [3.05, 3.63) is 52.6 Å². The monoisotopic (exact) mass is 247 g/mol. The van der Waals surface area contributed by atoms with Crippen molar-refractivity contribution in [2.45, 2.75) is 26.3 Å². The minimum absolute atomic E-state index is 0.205. The molecule has 2 aromatic rings. The molecule has 0 amide bonds. The van der Waals surface area contributed by atoms with Gasteiger partial charge in [-0.3, -0.25) is 4.68 Å². The van der Waals surface area contributed by atoms with E-state index in [4.69, 9.17) is 5.73 Å². The summed E-state index contributed by atoms with van der Waals surface area (Å²) < 4.78 is 15.8. The Morgan fingerprint density at radius 2 is 2.11 bits per heavy atom. The van der Waals surface area contributed by atoms with E-state index in [1.165, 1.54) is 0 Å². The zero-order valence-electron chi connectivity index (χ0n) is 10.9. The number of hydrogen-bond donors (Lipinski definition) is 1. The summed E-state index contributed by atoms with van der Waals surface area (Å²) in [6, 6.07) is 6.96. The molecule has 0 radical (unpaired) electrons. The fraction of sp³-hybridized carbons (Fsp3) is 0.357. The molecule has 0 aliphatic carbocycles. The first kappa shape index (κ1) is 12.8. The van der Waals surface area contributed by atoms with Crippen LogP contribution in [0.5, 0.6) is 0 Å². The molecule has 0 spiro atoms. The van der Waals surface area contributed by atoms with Crippen LogP contribution in [0, 0.1) is 19.7 Å². The van der Waals surface area contributed by atoms with Crippen LogP contribution in [-0.4, -0.2) is 9.78 Å². The average molecular weight is 247 g/mol. The van der Waals surface area contributed by atoms with Crippen LogP contribution < -0.4 is 5.73 Å². The quantitative estimate of drug-likeness (QED) is 0.905. The van der Waals surface area contributed by atoms with Gasteiger partial charge in [0.2, 0.25) is 0 Å². The molecule has 0 saturated carbocycles. The zero-order valence-corrected chi connectivity index (χ0v) is 10.9. The average Bonchev–Trinajstić information content (AvgIpc) is 2.61. The van der Waals surface area contributed by atoms with Gasteiger partial charge in [-0.25, -0.2) is 4.39 Å². The third-order valence-electron chi connectivity index (χ3n) is 3.15. The van der Waals surface area contributed by atoms with Gasteiger partial charge in [-0.05, 0) is 25.5 Å². The molecule has 0 aliphatic rings. The fourth-order valence-corrected chi connectivity index (χ4v) is 2.15. The molecule has 2 N–H and O–H groups in total. The molecular formula is C14H18FN3. The molecule has 0 saturated heterocycles. The van der Waals surface area contributed by atoms with E-state index in [2.05, 4.69) is 5.10 Å². The van der Waals surface area contributed by atoms with Gasteiger partial charge in [-0.2, -0.15) is 5.10 Å². The van der Waals surface area contributed by atoms with Crippen molar-refractivity contribution in [1.29, 1.82) is 0 Å². The Balaban J connectivity index is 2.24. The Hall–Kier alpha value is -1.68. The second-order valence-electron chi connectivity index (χ2n) is 4.69. The normalized spacial score (nSPS) is 12.7. The SMILES string of the molecule is Cc1cc(CC(N)c2cccc(C)c2F)n(C)n1. The lowest BCUT2D eigenvalue weighted by Gasteiger charge is -2.14. The first-order valence-corrected chi connectivity index (χ1v) is 5.99. The highest BCUT2D eigenvalue weighted by molar-refractivity contribution is 5.28. The van der Waals surface area contributed by atoms with Gasteiger partial charge in [0.15, 0.2) is 0 Å². The lowest BCUT2D eigenvalue weighted by molar-refractivity contribution is 0.563. The molecule has 0 fully saturated rings. The van der Waals surface area contributed by atoms with Crippen molar-refractivity contribution in [2.24, 2.45) is 12.8 Å². The van der Waals surface area contributed by atoms with E-state index in [0.29, 0.717) is 17.5 Å². The maximum Gasteiger partial charge on any atom is 0.130 e. The molecule has 1 atom stereocenters. The number of aryl methyl sites for hydroxylation is 3. The summed E-state index contributed by atoms with van der Waals surface area (Å²) in [5.74, 6) is -0.205. The minimum Gasteiger partial charge on any atom is -0.324 e. The van der Waals surface area contributed by atoms with Gasteiger partial charge in [0.1, 0.15) is 5.82 Å². The Labute approximate surface area is 106 Å². The summed E-state index contributed by atoms with van der Waals surface area (Å²) in [5.41, 5.74) is 9.25. The molecule has 0 aliphatic heterocycles. The van der Waals surface area contributed by atoms with Crippen molar-refractivity contribution < 1.29 is 4.39 Å². The minimum atomic E-state index is -0.348. The molecular weight excluding hydrogens is 229 g/mol. The molecule has 1 aromatic carbocycles. The molecule has 96 valence electrons. The third-order valence-corrected chi connectivity index (χ3v) is 3.15. The Bertz CT molecular complexity index is 560. The highest BCUT2D eigenvalue weighted by Crippen LogP contribution is 2.21. The van der Waals surface area contributed by atoms with Gasteiger partial charge < -0.3 is 5.73 Å². The van der Waals surface area contributed by atoms with Crippen LogP contribution in [0.2, 0.25) is 0 Å². The number of nitrogens with two attached hydrogens (primary N) is 1. The summed E-state index contributed by atoms with van der Waals surface area (Å²) in [6.07, 6.45) is 0.581. The van der Waals surface area contributed by atoms with E-state index < -0.39 is 0 Å². The number of nitrogens with zero attached hydrogens (tertiary/aromatic N) is 2. The lowest BCUT2D eigenvalue weighted by atomic mass is 10.00. The van der Waals surface area contributed by atoms with E-state index >= 15 is 0 Å². The van der Waals surface area contributed by atoms with Gasteiger partial charge in [-0.15, -0.1) is 0 Å². The number of aromatic nitrogens is 2. The van der Waals surface area contributed by atoms with Crippen molar-refractivity contribution in [3.8, 4) is 0 Å². The Kier molecular flexibility index (Phi) is 3.48. The van der Waals surface area contributed by atoms with Gasteiger partial charge in [0.05, 0.1) is 5.69 Å². The first-order valence-electron chi connectivity index (χ1n) is 5.99.